The monoisotopic (exact) mass is 591 g/mol. The molecule has 8 rings (SSSR count). The predicted molar refractivity (Wildman–Crippen MR) is 197 cm³/mol. The van der Waals surface area contributed by atoms with Crippen LogP contribution in [0.5, 0.6) is 0 Å². The van der Waals surface area contributed by atoms with E-state index >= 15 is 0 Å². The van der Waals surface area contributed by atoms with Crippen molar-refractivity contribution in [3.05, 3.63) is 167 Å². The normalized spacial score (nSPS) is 14.7. The van der Waals surface area contributed by atoms with Gasteiger partial charge in [0.2, 0.25) is 0 Å². The van der Waals surface area contributed by atoms with Crippen LogP contribution in [0.3, 0.4) is 0 Å². The van der Waals surface area contributed by atoms with Crippen molar-refractivity contribution in [2.75, 3.05) is 0 Å². The lowest BCUT2D eigenvalue weighted by Crippen LogP contribution is -2.13. The Bertz CT molecular complexity index is 2420. The van der Waals surface area contributed by atoms with Crippen molar-refractivity contribution < 1.29 is 0 Å². The van der Waals surface area contributed by atoms with Crippen molar-refractivity contribution in [3.8, 4) is 11.1 Å². The molecule has 3 heteroatoms. The molecule has 220 valence electrons. The number of rotatable bonds is 5. The van der Waals surface area contributed by atoms with E-state index < -0.39 is 0 Å². The number of fused-ring (bicyclic) bond motifs is 5. The molecule has 0 radical (unpaired) electrons. The van der Waals surface area contributed by atoms with Crippen LogP contribution >= 0.6 is 0 Å². The minimum atomic E-state index is 0.465. The Hall–Kier alpha value is -5.80. The summed E-state index contributed by atoms with van der Waals surface area (Å²) in [6.45, 7) is 8.84. The van der Waals surface area contributed by atoms with Gasteiger partial charge in [-0.05, 0) is 83.4 Å². The molecule has 46 heavy (non-hydrogen) atoms. The van der Waals surface area contributed by atoms with E-state index in [1.807, 2.05) is 18.2 Å². The molecule has 0 saturated heterocycles. The molecule has 0 fully saturated rings. The number of para-hydroxylation sites is 1. The van der Waals surface area contributed by atoms with Crippen LogP contribution in [0.4, 0.5) is 0 Å². The fraction of sp³-hybridized carbons (Fsp3) is 0.0698. The summed E-state index contributed by atoms with van der Waals surface area (Å²) in [5, 5.41) is 4.97. The van der Waals surface area contributed by atoms with Gasteiger partial charge in [0.25, 0.3) is 0 Å². The number of nitrogens with zero attached hydrogens (tertiary/aromatic N) is 3. The molecule has 0 unspecified atom stereocenters. The lowest BCUT2D eigenvalue weighted by atomic mass is 9.89. The van der Waals surface area contributed by atoms with Gasteiger partial charge in [-0.1, -0.05) is 115 Å². The summed E-state index contributed by atoms with van der Waals surface area (Å²) in [7, 11) is 0. The van der Waals surface area contributed by atoms with Crippen LogP contribution in [0.15, 0.2) is 149 Å². The molecular formula is C43H33N3. The van der Waals surface area contributed by atoms with Gasteiger partial charge < -0.3 is 4.57 Å². The molecule has 0 aliphatic heterocycles. The first-order valence-electron chi connectivity index (χ1n) is 15.7. The Kier molecular flexibility index (Phi) is 6.80. The summed E-state index contributed by atoms with van der Waals surface area (Å²) < 4.78 is 2.35. The fourth-order valence-corrected chi connectivity index (χ4v) is 7.02. The average Bonchev–Trinajstić information content (AvgIpc) is 3.40. The molecule has 1 aliphatic carbocycles. The molecule has 6 aromatic carbocycles. The highest BCUT2D eigenvalue weighted by Gasteiger charge is 2.21. The summed E-state index contributed by atoms with van der Waals surface area (Å²) in [5.41, 5.74) is 13.5. The van der Waals surface area contributed by atoms with Crippen molar-refractivity contribution in [2.24, 2.45) is 9.98 Å². The highest BCUT2D eigenvalue weighted by Crippen LogP contribution is 2.39. The Morgan fingerprint density at radius 2 is 1.37 bits per heavy atom. The second-order valence-electron chi connectivity index (χ2n) is 12.0. The zero-order valence-corrected chi connectivity index (χ0v) is 26.0. The Morgan fingerprint density at radius 1 is 0.630 bits per heavy atom. The van der Waals surface area contributed by atoms with E-state index in [9.17, 15) is 0 Å². The number of benzene rings is 6. The molecule has 1 heterocycles. The van der Waals surface area contributed by atoms with E-state index in [1.165, 1.54) is 54.8 Å². The van der Waals surface area contributed by atoms with Crippen molar-refractivity contribution >= 4 is 56.8 Å². The highest BCUT2D eigenvalue weighted by molar-refractivity contribution is 6.22. The first kappa shape index (κ1) is 27.7. The molecule has 7 aromatic rings. The quantitative estimate of drug-likeness (QED) is 0.178. The highest BCUT2D eigenvalue weighted by atomic mass is 15.1. The third kappa shape index (κ3) is 4.52. The van der Waals surface area contributed by atoms with Gasteiger partial charge in [-0.15, -0.1) is 0 Å². The maximum Gasteiger partial charge on any atom is 0.115 e. The topological polar surface area (TPSA) is 29.6 Å². The molecular weight excluding hydrogens is 558 g/mol. The zero-order chi connectivity index (χ0) is 31.2. The van der Waals surface area contributed by atoms with Crippen molar-refractivity contribution in [1.82, 2.24) is 4.57 Å². The molecule has 0 amide bonds. The first-order chi connectivity index (χ1) is 22.6. The van der Waals surface area contributed by atoms with E-state index in [2.05, 4.69) is 151 Å². The molecule has 0 spiro atoms. The van der Waals surface area contributed by atoms with E-state index in [-0.39, 0.29) is 0 Å². The predicted octanol–water partition coefficient (Wildman–Crippen LogP) is 10.8. The van der Waals surface area contributed by atoms with Crippen LogP contribution < -0.4 is 0 Å². The summed E-state index contributed by atoms with van der Waals surface area (Å²) >= 11 is 0. The van der Waals surface area contributed by atoms with Gasteiger partial charge in [0.05, 0.1) is 22.4 Å². The maximum atomic E-state index is 5.40. The summed E-state index contributed by atoms with van der Waals surface area (Å²) in [6.07, 6.45) is 4.28. The van der Waals surface area contributed by atoms with Gasteiger partial charge in [0, 0.05) is 27.5 Å². The van der Waals surface area contributed by atoms with Crippen LogP contribution in [-0.4, -0.2) is 17.0 Å². The first-order valence-corrected chi connectivity index (χ1v) is 15.7. The second kappa shape index (κ2) is 11.3. The van der Waals surface area contributed by atoms with Crippen LogP contribution in [0.1, 0.15) is 27.8 Å². The number of aromatic nitrogens is 1. The van der Waals surface area contributed by atoms with Gasteiger partial charge in [0.15, 0.2) is 0 Å². The number of aryl methyl sites for hydroxylation is 2. The number of aliphatic imine (C=N–C) groups is 2. The zero-order valence-electron chi connectivity index (χ0n) is 26.0. The van der Waals surface area contributed by atoms with Gasteiger partial charge >= 0.3 is 0 Å². The molecule has 1 aliphatic rings. The third-order valence-corrected chi connectivity index (χ3v) is 9.27. The van der Waals surface area contributed by atoms with Crippen LogP contribution in [0.25, 0.3) is 55.5 Å². The van der Waals surface area contributed by atoms with Gasteiger partial charge in [-0.2, -0.15) is 0 Å². The minimum absolute atomic E-state index is 0.465. The van der Waals surface area contributed by atoms with Gasteiger partial charge in [0.1, 0.15) is 6.67 Å². The van der Waals surface area contributed by atoms with Gasteiger partial charge in [-0.25, -0.2) is 0 Å². The molecule has 0 saturated carbocycles. The van der Waals surface area contributed by atoms with Crippen molar-refractivity contribution in [2.45, 2.75) is 20.5 Å². The Balaban J connectivity index is 1.36. The maximum absolute atomic E-state index is 5.40. The minimum Gasteiger partial charge on any atom is -0.320 e. The smallest absolute Gasteiger partial charge is 0.115 e. The largest absolute Gasteiger partial charge is 0.320 e. The van der Waals surface area contributed by atoms with E-state index in [0.717, 1.165) is 33.7 Å². The molecule has 0 bridgehead atoms. The lowest BCUT2D eigenvalue weighted by molar-refractivity contribution is 0.793. The number of hydrogen-bond acceptors (Lipinski definition) is 2. The third-order valence-electron chi connectivity index (χ3n) is 9.27. The summed E-state index contributed by atoms with van der Waals surface area (Å²) in [6, 6.07) is 45.3. The molecule has 3 nitrogen and oxygen atoms in total. The second-order valence-corrected chi connectivity index (χ2v) is 12.0. The molecule has 0 atom stereocenters. The molecule has 1 aromatic heterocycles. The van der Waals surface area contributed by atoms with Crippen molar-refractivity contribution in [1.29, 1.82) is 0 Å². The van der Waals surface area contributed by atoms with E-state index in [0.29, 0.717) is 6.67 Å². The van der Waals surface area contributed by atoms with Crippen LogP contribution in [0, 0.1) is 13.8 Å². The van der Waals surface area contributed by atoms with E-state index in [4.69, 9.17) is 4.99 Å². The Labute approximate surface area is 269 Å². The number of hydrogen-bond donors (Lipinski definition) is 0. The Morgan fingerprint density at radius 3 is 2.20 bits per heavy atom. The van der Waals surface area contributed by atoms with Gasteiger partial charge in [-0.3, -0.25) is 9.98 Å². The van der Waals surface area contributed by atoms with Crippen molar-refractivity contribution in [3.63, 3.8) is 0 Å². The lowest BCUT2D eigenvalue weighted by Gasteiger charge is -2.19. The van der Waals surface area contributed by atoms with E-state index in [1.54, 1.807) is 0 Å². The standard InChI is InChI=1S/C43H33N3/c1-28-13-7-9-17-33(28)41-29(2)21-22-32-25-40-38(26-37(32)41)35-19-11-12-20-39(35)46(40)27-45-43-34-18-10-8-14-30(34)23-24-36(43)42(44-3)31-15-5-4-6-16-31/h4-26H,3,27H2,1-2H3/b42-36-,45-43-. The van der Waals surface area contributed by atoms with Crippen LogP contribution in [0.2, 0.25) is 0 Å². The fourth-order valence-electron chi connectivity index (χ4n) is 7.02. The summed E-state index contributed by atoms with van der Waals surface area (Å²) in [4.78, 5) is 9.92. The number of allylic oxidation sites excluding steroid dienone is 2. The SMILES string of the molecule is C=N/C(=C1/C=Cc2ccccc2/C1=N/Cn1c2ccccc2c2cc3c(-c4ccccc4C)c(C)ccc3cc21)c1ccccc1. The average molecular weight is 592 g/mol. The van der Waals surface area contributed by atoms with Crippen LogP contribution in [-0.2, 0) is 6.67 Å². The summed E-state index contributed by atoms with van der Waals surface area (Å²) in [5.74, 6) is 0. The molecule has 0 N–H and O–H groups in total.